The molecular weight excluding hydrogens is 465 g/mol. The quantitative estimate of drug-likeness (QED) is 0.321. The van der Waals surface area contributed by atoms with Gasteiger partial charge >= 0.3 is 5.97 Å². The van der Waals surface area contributed by atoms with Gasteiger partial charge in [0.05, 0.1) is 17.5 Å². The molecule has 0 fully saturated rings. The molecule has 26 heavy (non-hydrogen) atoms. The lowest BCUT2D eigenvalue weighted by molar-refractivity contribution is -0.134. The second kappa shape index (κ2) is 7.24. The topological polar surface area (TPSA) is 65.4 Å². The van der Waals surface area contributed by atoms with Crippen molar-refractivity contribution in [3.8, 4) is 0 Å². The molecule has 3 aromatic rings. The van der Waals surface area contributed by atoms with Gasteiger partial charge in [0.25, 0.3) is 10.0 Å². The number of carbonyl (C=O) groups is 1. The number of ether oxygens (including phenoxy) is 1. The van der Waals surface area contributed by atoms with E-state index in [4.69, 9.17) is 0 Å². The third kappa shape index (κ3) is 3.41. The van der Waals surface area contributed by atoms with Crippen molar-refractivity contribution in [2.24, 2.45) is 0 Å². The fraction of sp³-hybridized carbons (Fsp3) is 0.105. The van der Waals surface area contributed by atoms with Gasteiger partial charge in [-0.2, -0.15) is 0 Å². The monoisotopic (exact) mass is 481 g/mol. The van der Waals surface area contributed by atoms with E-state index in [1.165, 1.54) is 17.2 Å². The lowest BCUT2D eigenvalue weighted by Crippen LogP contribution is -2.11. The summed E-state index contributed by atoms with van der Waals surface area (Å²) in [6, 6.07) is 13.7. The summed E-state index contributed by atoms with van der Waals surface area (Å²) in [5, 5.41) is 0.806. The van der Waals surface area contributed by atoms with Gasteiger partial charge in [-0.3, -0.25) is 0 Å². The average Bonchev–Trinajstić information content (AvgIpc) is 2.99. The van der Waals surface area contributed by atoms with Crippen LogP contribution in [0.2, 0.25) is 0 Å². The van der Waals surface area contributed by atoms with Crippen LogP contribution in [0.4, 0.5) is 0 Å². The van der Waals surface area contributed by atoms with Crippen LogP contribution in [0.1, 0.15) is 12.5 Å². The Labute approximate surface area is 165 Å². The first-order chi connectivity index (χ1) is 12.3. The zero-order valence-corrected chi connectivity index (χ0v) is 17.1. The van der Waals surface area contributed by atoms with Gasteiger partial charge in [0.15, 0.2) is 0 Å². The SMILES string of the molecule is COC(=O)/C=C(/C)c1ccc2c(c1)c(I)cn2S(=O)(=O)c1ccccc1. The van der Waals surface area contributed by atoms with Crippen LogP contribution in [0.15, 0.2) is 65.7 Å². The van der Waals surface area contributed by atoms with Crippen molar-refractivity contribution in [1.29, 1.82) is 0 Å². The maximum Gasteiger partial charge on any atom is 0.330 e. The predicted octanol–water partition coefficient (Wildman–Crippen LogP) is 4.06. The molecule has 0 saturated heterocycles. The van der Waals surface area contributed by atoms with E-state index < -0.39 is 16.0 Å². The van der Waals surface area contributed by atoms with Crippen molar-refractivity contribution in [2.75, 3.05) is 7.11 Å². The summed E-state index contributed by atoms with van der Waals surface area (Å²) in [6.07, 6.45) is 3.02. The van der Waals surface area contributed by atoms with Gasteiger partial charge in [-0.1, -0.05) is 24.3 Å². The molecule has 0 aliphatic carbocycles. The maximum absolute atomic E-state index is 13.0. The highest BCUT2D eigenvalue weighted by atomic mass is 127. The Bertz CT molecular complexity index is 1120. The first-order valence-corrected chi connectivity index (χ1v) is 10.2. The molecule has 2 aromatic carbocycles. The molecule has 0 N–H and O–H groups in total. The van der Waals surface area contributed by atoms with Crippen molar-refractivity contribution in [2.45, 2.75) is 11.8 Å². The number of aromatic nitrogens is 1. The molecule has 0 aliphatic rings. The summed E-state index contributed by atoms with van der Waals surface area (Å²) in [5.41, 5.74) is 2.16. The van der Waals surface area contributed by atoms with Crippen LogP contribution in [-0.2, 0) is 19.6 Å². The molecule has 0 bridgehead atoms. The lowest BCUT2D eigenvalue weighted by Gasteiger charge is -2.08. The minimum Gasteiger partial charge on any atom is -0.466 e. The number of benzene rings is 2. The van der Waals surface area contributed by atoms with E-state index in [-0.39, 0.29) is 4.90 Å². The van der Waals surface area contributed by atoms with Crippen LogP contribution in [0.5, 0.6) is 0 Å². The van der Waals surface area contributed by atoms with Crippen molar-refractivity contribution >= 4 is 55.1 Å². The number of allylic oxidation sites excluding steroid dienone is 1. The van der Waals surface area contributed by atoms with Gasteiger partial charge in [0, 0.05) is 21.2 Å². The van der Waals surface area contributed by atoms with Crippen LogP contribution in [0.25, 0.3) is 16.5 Å². The molecule has 3 rings (SSSR count). The Kier molecular flexibility index (Phi) is 5.19. The summed E-state index contributed by atoms with van der Waals surface area (Å²) >= 11 is 2.11. The molecule has 0 amide bonds. The molecule has 0 spiro atoms. The third-order valence-corrected chi connectivity index (χ3v) is 6.56. The molecule has 0 radical (unpaired) electrons. The van der Waals surface area contributed by atoms with E-state index in [0.717, 1.165) is 20.1 Å². The minimum absolute atomic E-state index is 0.235. The number of hydrogen-bond donors (Lipinski definition) is 0. The van der Waals surface area contributed by atoms with Gasteiger partial charge in [-0.05, 0) is 64.9 Å². The lowest BCUT2D eigenvalue weighted by atomic mass is 10.1. The van der Waals surface area contributed by atoms with Crippen LogP contribution >= 0.6 is 22.6 Å². The predicted molar refractivity (Wildman–Crippen MR) is 109 cm³/mol. The molecule has 0 atom stereocenters. The van der Waals surface area contributed by atoms with Crippen LogP contribution in [0, 0.1) is 3.57 Å². The number of fused-ring (bicyclic) bond motifs is 1. The standard InChI is InChI=1S/C19H16INO4S/c1-13(10-19(22)25-2)14-8-9-18-16(11-14)17(20)12-21(18)26(23,24)15-6-4-3-5-7-15/h3-12H,1-2H3/b13-10-. The summed E-state index contributed by atoms with van der Waals surface area (Å²) in [4.78, 5) is 11.7. The molecular formula is C19H16INO4S. The number of hydrogen-bond acceptors (Lipinski definition) is 4. The number of halogens is 1. The number of methoxy groups -OCH3 is 1. The van der Waals surface area contributed by atoms with E-state index >= 15 is 0 Å². The highest BCUT2D eigenvalue weighted by molar-refractivity contribution is 14.1. The normalized spacial score (nSPS) is 12.3. The summed E-state index contributed by atoms with van der Waals surface area (Å²) in [5.74, 6) is -0.429. The van der Waals surface area contributed by atoms with Crippen molar-refractivity contribution in [3.63, 3.8) is 0 Å². The Morgan fingerprint density at radius 3 is 2.50 bits per heavy atom. The first-order valence-electron chi connectivity index (χ1n) is 7.72. The minimum atomic E-state index is -3.68. The number of carbonyl (C=O) groups excluding carboxylic acids is 1. The van der Waals surface area contributed by atoms with Gasteiger partial charge in [-0.15, -0.1) is 0 Å². The number of nitrogens with zero attached hydrogens (tertiary/aromatic N) is 1. The van der Waals surface area contributed by atoms with Crippen LogP contribution in [-0.4, -0.2) is 25.5 Å². The first kappa shape index (κ1) is 18.7. The van der Waals surface area contributed by atoms with E-state index in [0.29, 0.717) is 5.52 Å². The summed E-state index contributed by atoms with van der Waals surface area (Å²) in [7, 11) is -2.35. The van der Waals surface area contributed by atoms with E-state index in [1.807, 2.05) is 13.0 Å². The van der Waals surface area contributed by atoms with E-state index in [2.05, 4.69) is 27.3 Å². The zero-order valence-electron chi connectivity index (χ0n) is 14.1. The molecule has 1 heterocycles. The third-order valence-electron chi connectivity index (χ3n) is 4.01. The van der Waals surface area contributed by atoms with Crippen LogP contribution in [0.3, 0.4) is 0 Å². The fourth-order valence-electron chi connectivity index (χ4n) is 2.63. The molecule has 134 valence electrons. The molecule has 0 unspecified atom stereocenters. The van der Waals surface area contributed by atoms with Crippen LogP contribution < -0.4 is 0 Å². The zero-order chi connectivity index (χ0) is 18.9. The van der Waals surface area contributed by atoms with Crippen molar-refractivity contribution in [1.82, 2.24) is 3.97 Å². The fourth-order valence-corrected chi connectivity index (χ4v) is 4.92. The Hall–Kier alpha value is -2.13. The van der Waals surface area contributed by atoms with E-state index in [1.54, 1.807) is 48.7 Å². The summed E-state index contributed by atoms with van der Waals surface area (Å²) in [6.45, 7) is 1.81. The average molecular weight is 481 g/mol. The second-order valence-electron chi connectivity index (χ2n) is 5.67. The molecule has 7 heteroatoms. The number of esters is 1. The molecule has 0 saturated carbocycles. The van der Waals surface area contributed by atoms with Crippen molar-refractivity contribution < 1.29 is 17.9 Å². The van der Waals surface area contributed by atoms with E-state index in [9.17, 15) is 13.2 Å². The van der Waals surface area contributed by atoms with Gasteiger partial charge < -0.3 is 4.74 Å². The Morgan fingerprint density at radius 1 is 1.15 bits per heavy atom. The Morgan fingerprint density at radius 2 is 1.85 bits per heavy atom. The van der Waals surface area contributed by atoms with Crippen molar-refractivity contribution in [3.05, 3.63) is 69.9 Å². The van der Waals surface area contributed by atoms with Gasteiger partial charge in [0.2, 0.25) is 0 Å². The summed E-state index contributed by atoms with van der Waals surface area (Å²) < 4.78 is 32.7. The maximum atomic E-state index is 13.0. The highest BCUT2D eigenvalue weighted by Crippen LogP contribution is 2.29. The Balaban J connectivity index is 2.14. The molecule has 5 nitrogen and oxygen atoms in total. The molecule has 1 aromatic heterocycles. The highest BCUT2D eigenvalue weighted by Gasteiger charge is 2.20. The van der Waals surface area contributed by atoms with Gasteiger partial charge in [0.1, 0.15) is 0 Å². The molecule has 0 aliphatic heterocycles. The number of rotatable bonds is 4. The van der Waals surface area contributed by atoms with Gasteiger partial charge in [-0.25, -0.2) is 17.2 Å². The smallest absolute Gasteiger partial charge is 0.330 e. The largest absolute Gasteiger partial charge is 0.466 e. The second-order valence-corrected chi connectivity index (χ2v) is 8.65.